The van der Waals surface area contributed by atoms with Crippen molar-refractivity contribution in [2.24, 2.45) is 0 Å². The maximum atomic E-state index is 8.98. The summed E-state index contributed by atoms with van der Waals surface area (Å²) >= 11 is 0. The molecular weight excluding hydrogens is 204 g/mol. The standard InChI is InChI=1S/C11H16N4O/c1-8(2)15(4-5-16)11-13-9(3)6-10(7-12)14-11/h6,8,16H,4-5H2,1-3H3. The number of aliphatic hydroxyl groups is 1. The van der Waals surface area contributed by atoms with Gasteiger partial charge in [0, 0.05) is 18.3 Å². The van der Waals surface area contributed by atoms with Crippen LogP contribution in [0.4, 0.5) is 5.95 Å². The van der Waals surface area contributed by atoms with Crippen molar-refractivity contribution < 1.29 is 5.11 Å². The van der Waals surface area contributed by atoms with E-state index >= 15 is 0 Å². The number of anilines is 1. The zero-order valence-electron chi connectivity index (χ0n) is 9.80. The molecule has 0 saturated heterocycles. The van der Waals surface area contributed by atoms with E-state index in [-0.39, 0.29) is 12.6 Å². The Morgan fingerprint density at radius 1 is 1.50 bits per heavy atom. The predicted molar refractivity (Wildman–Crippen MR) is 61.1 cm³/mol. The molecule has 1 heterocycles. The molecule has 5 nitrogen and oxygen atoms in total. The molecule has 1 aromatic rings. The van der Waals surface area contributed by atoms with Crippen molar-refractivity contribution in [3.8, 4) is 6.07 Å². The van der Waals surface area contributed by atoms with Crippen LogP contribution < -0.4 is 4.90 Å². The van der Waals surface area contributed by atoms with E-state index in [0.717, 1.165) is 5.69 Å². The van der Waals surface area contributed by atoms with Crippen LogP contribution in [-0.4, -0.2) is 34.3 Å². The fraction of sp³-hybridized carbons (Fsp3) is 0.545. The minimum absolute atomic E-state index is 0.0391. The van der Waals surface area contributed by atoms with Crippen LogP contribution in [0.25, 0.3) is 0 Å². The molecule has 16 heavy (non-hydrogen) atoms. The zero-order chi connectivity index (χ0) is 12.1. The molecule has 0 spiro atoms. The van der Waals surface area contributed by atoms with Gasteiger partial charge < -0.3 is 10.0 Å². The van der Waals surface area contributed by atoms with Gasteiger partial charge in [-0.25, -0.2) is 9.97 Å². The van der Waals surface area contributed by atoms with E-state index in [4.69, 9.17) is 10.4 Å². The molecule has 0 aromatic carbocycles. The Balaban J connectivity index is 3.09. The van der Waals surface area contributed by atoms with Gasteiger partial charge in [0.1, 0.15) is 11.8 Å². The third-order valence-corrected chi connectivity index (χ3v) is 2.18. The van der Waals surface area contributed by atoms with Gasteiger partial charge in [0.05, 0.1) is 6.61 Å². The molecule has 1 aromatic heterocycles. The summed E-state index contributed by atoms with van der Waals surface area (Å²) in [6.07, 6.45) is 0. The highest BCUT2D eigenvalue weighted by molar-refractivity contribution is 5.36. The molecule has 0 unspecified atom stereocenters. The van der Waals surface area contributed by atoms with E-state index < -0.39 is 0 Å². The molecule has 1 rings (SSSR count). The van der Waals surface area contributed by atoms with Crippen molar-refractivity contribution in [3.05, 3.63) is 17.5 Å². The summed E-state index contributed by atoms with van der Waals surface area (Å²) in [5, 5.41) is 17.8. The Hall–Kier alpha value is -1.67. The molecule has 0 aliphatic rings. The summed E-state index contributed by atoms with van der Waals surface area (Å²) < 4.78 is 0. The number of hydrogen-bond acceptors (Lipinski definition) is 5. The van der Waals surface area contributed by atoms with E-state index in [1.807, 2.05) is 31.7 Å². The van der Waals surface area contributed by atoms with Gasteiger partial charge in [-0.3, -0.25) is 0 Å². The molecule has 0 atom stereocenters. The van der Waals surface area contributed by atoms with Gasteiger partial charge in [-0.1, -0.05) is 0 Å². The summed E-state index contributed by atoms with van der Waals surface area (Å²) in [5.74, 6) is 0.501. The predicted octanol–water partition coefficient (Wildman–Crippen LogP) is 0.864. The topological polar surface area (TPSA) is 73.0 Å². The summed E-state index contributed by atoms with van der Waals surface area (Å²) in [7, 11) is 0. The number of aromatic nitrogens is 2. The average molecular weight is 220 g/mol. The monoisotopic (exact) mass is 220 g/mol. The van der Waals surface area contributed by atoms with Gasteiger partial charge in [-0.15, -0.1) is 0 Å². The second kappa shape index (κ2) is 5.42. The first-order chi connectivity index (χ1) is 7.58. The Labute approximate surface area is 95.4 Å². The summed E-state index contributed by atoms with van der Waals surface area (Å²) in [5.41, 5.74) is 1.11. The van der Waals surface area contributed by atoms with Crippen LogP contribution in [-0.2, 0) is 0 Å². The molecule has 0 radical (unpaired) electrons. The SMILES string of the molecule is Cc1cc(C#N)nc(N(CCO)C(C)C)n1. The molecule has 86 valence electrons. The molecule has 0 aliphatic heterocycles. The molecule has 0 fully saturated rings. The van der Waals surface area contributed by atoms with Crippen molar-refractivity contribution in [1.82, 2.24) is 9.97 Å². The fourth-order valence-corrected chi connectivity index (χ4v) is 1.44. The van der Waals surface area contributed by atoms with Gasteiger partial charge in [0.2, 0.25) is 5.95 Å². The quantitative estimate of drug-likeness (QED) is 0.814. The molecule has 0 aliphatic carbocycles. The average Bonchev–Trinajstić information content (AvgIpc) is 2.24. The van der Waals surface area contributed by atoms with E-state index in [0.29, 0.717) is 18.2 Å². The first kappa shape index (κ1) is 12.4. The lowest BCUT2D eigenvalue weighted by molar-refractivity contribution is 0.298. The minimum Gasteiger partial charge on any atom is -0.395 e. The number of rotatable bonds is 4. The van der Waals surface area contributed by atoms with E-state index in [2.05, 4.69) is 9.97 Å². The van der Waals surface area contributed by atoms with Crippen LogP contribution >= 0.6 is 0 Å². The van der Waals surface area contributed by atoms with E-state index in [1.54, 1.807) is 6.07 Å². The zero-order valence-corrected chi connectivity index (χ0v) is 9.80. The van der Waals surface area contributed by atoms with Crippen LogP contribution in [0.5, 0.6) is 0 Å². The first-order valence-electron chi connectivity index (χ1n) is 5.21. The number of hydrogen-bond donors (Lipinski definition) is 1. The lowest BCUT2D eigenvalue weighted by atomic mass is 10.3. The Morgan fingerprint density at radius 3 is 2.69 bits per heavy atom. The van der Waals surface area contributed by atoms with E-state index in [1.165, 1.54) is 0 Å². The van der Waals surface area contributed by atoms with Crippen molar-refractivity contribution in [2.75, 3.05) is 18.1 Å². The summed E-state index contributed by atoms with van der Waals surface area (Å²) in [6, 6.07) is 3.82. The maximum absolute atomic E-state index is 8.98. The molecule has 0 saturated carbocycles. The Morgan fingerprint density at radius 2 is 2.19 bits per heavy atom. The first-order valence-corrected chi connectivity index (χ1v) is 5.21. The maximum Gasteiger partial charge on any atom is 0.227 e. The normalized spacial score (nSPS) is 10.2. The number of aryl methyl sites for hydroxylation is 1. The van der Waals surface area contributed by atoms with Crippen molar-refractivity contribution in [3.63, 3.8) is 0 Å². The summed E-state index contributed by atoms with van der Waals surface area (Å²) in [6.45, 7) is 6.31. The van der Waals surface area contributed by atoms with Crippen LogP contribution in [0.15, 0.2) is 6.07 Å². The van der Waals surface area contributed by atoms with Gasteiger partial charge >= 0.3 is 0 Å². The van der Waals surface area contributed by atoms with Crippen LogP contribution in [0.1, 0.15) is 25.2 Å². The van der Waals surface area contributed by atoms with Gasteiger partial charge in [-0.05, 0) is 26.8 Å². The van der Waals surface area contributed by atoms with Crippen molar-refractivity contribution >= 4 is 5.95 Å². The third-order valence-electron chi connectivity index (χ3n) is 2.18. The highest BCUT2D eigenvalue weighted by atomic mass is 16.3. The molecule has 0 amide bonds. The number of aliphatic hydroxyl groups excluding tert-OH is 1. The number of nitrogens with zero attached hydrogens (tertiary/aromatic N) is 4. The van der Waals surface area contributed by atoms with Gasteiger partial charge in [-0.2, -0.15) is 5.26 Å². The fourth-order valence-electron chi connectivity index (χ4n) is 1.44. The minimum atomic E-state index is 0.0391. The van der Waals surface area contributed by atoms with Gasteiger partial charge in [0.15, 0.2) is 0 Å². The van der Waals surface area contributed by atoms with E-state index in [9.17, 15) is 0 Å². The van der Waals surface area contributed by atoms with Crippen molar-refractivity contribution in [2.45, 2.75) is 26.8 Å². The third kappa shape index (κ3) is 2.91. The molecule has 0 bridgehead atoms. The van der Waals surface area contributed by atoms with Gasteiger partial charge in [0.25, 0.3) is 0 Å². The van der Waals surface area contributed by atoms with Crippen LogP contribution in [0.3, 0.4) is 0 Å². The van der Waals surface area contributed by atoms with Crippen molar-refractivity contribution in [1.29, 1.82) is 5.26 Å². The second-order valence-electron chi connectivity index (χ2n) is 3.82. The largest absolute Gasteiger partial charge is 0.395 e. The second-order valence-corrected chi connectivity index (χ2v) is 3.82. The molecule has 5 heteroatoms. The van der Waals surface area contributed by atoms with Crippen LogP contribution in [0, 0.1) is 18.3 Å². The molecule has 1 N–H and O–H groups in total. The Bertz CT molecular complexity index is 397. The lowest BCUT2D eigenvalue weighted by Crippen LogP contribution is -2.35. The summed E-state index contributed by atoms with van der Waals surface area (Å²) in [4.78, 5) is 10.3. The lowest BCUT2D eigenvalue weighted by Gasteiger charge is -2.25. The number of nitriles is 1. The molecular formula is C11H16N4O. The van der Waals surface area contributed by atoms with Crippen LogP contribution in [0.2, 0.25) is 0 Å². The highest BCUT2D eigenvalue weighted by Crippen LogP contribution is 2.12. The highest BCUT2D eigenvalue weighted by Gasteiger charge is 2.14. The smallest absolute Gasteiger partial charge is 0.227 e. The Kier molecular flexibility index (Phi) is 4.20.